The molecule has 2 aromatic carbocycles. The number of rotatable bonds is 4. The van der Waals surface area contributed by atoms with Crippen LogP contribution in [0.4, 0.5) is 5.82 Å². The highest BCUT2D eigenvalue weighted by atomic mass is 35.5. The Kier molecular flexibility index (Phi) is 5.28. The fourth-order valence-electron chi connectivity index (χ4n) is 2.13. The van der Waals surface area contributed by atoms with Crippen LogP contribution in [0.2, 0.25) is 5.02 Å². The van der Waals surface area contributed by atoms with E-state index in [2.05, 4.69) is 10.5 Å². The quantitative estimate of drug-likeness (QED) is 0.398. The number of carbonyl (C=O) groups excluding carboxylic acids is 1. The highest BCUT2D eigenvalue weighted by Gasteiger charge is 2.17. The molecular formula is C17H13ClN4OS2. The zero-order chi connectivity index (χ0) is 17.8. The normalized spacial score (nSPS) is 10.9. The van der Waals surface area contributed by atoms with Crippen LogP contribution in [0.25, 0.3) is 5.69 Å². The third-order valence-electron chi connectivity index (χ3n) is 3.32. The van der Waals surface area contributed by atoms with Gasteiger partial charge in [-0.15, -0.1) is 0 Å². The number of thiazole rings is 1. The molecule has 0 saturated carbocycles. The first-order valence-electron chi connectivity index (χ1n) is 7.22. The first-order valence-corrected chi connectivity index (χ1v) is 8.82. The zero-order valence-corrected chi connectivity index (χ0v) is 15.2. The fraction of sp³-hybridized carbons (Fsp3) is 0. The van der Waals surface area contributed by atoms with Crippen LogP contribution in [0.3, 0.4) is 0 Å². The van der Waals surface area contributed by atoms with Gasteiger partial charge in [-0.3, -0.25) is 9.36 Å². The Morgan fingerprint density at radius 2 is 1.88 bits per heavy atom. The number of amides is 1. The lowest BCUT2D eigenvalue weighted by Crippen LogP contribution is -2.18. The van der Waals surface area contributed by atoms with Crippen LogP contribution in [-0.2, 0) is 0 Å². The molecule has 25 heavy (non-hydrogen) atoms. The van der Waals surface area contributed by atoms with Crippen molar-refractivity contribution < 1.29 is 4.79 Å². The van der Waals surface area contributed by atoms with E-state index in [1.165, 1.54) is 6.21 Å². The standard InChI is InChI=1S/C17H13ClN4OS2/c18-12-8-6-11(7-9-12)10-20-21-16(23)14-15(19)22(17(24)25-14)13-4-2-1-3-5-13/h1-10H,19H2,(H,21,23). The molecule has 5 nitrogen and oxygen atoms in total. The van der Waals surface area contributed by atoms with E-state index in [4.69, 9.17) is 29.6 Å². The van der Waals surface area contributed by atoms with Gasteiger partial charge in [-0.1, -0.05) is 53.3 Å². The number of carbonyl (C=O) groups is 1. The summed E-state index contributed by atoms with van der Waals surface area (Å²) in [5.41, 5.74) is 10.2. The van der Waals surface area contributed by atoms with E-state index in [1.54, 1.807) is 28.8 Å². The Morgan fingerprint density at radius 3 is 2.56 bits per heavy atom. The van der Waals surface area contributed by atoms with Crippen LogP contribution >= 0.6 is 35.2 Å². The second kappa shape index (κ2) is 7.60. The molecule has 0 spiro atoms. The predicted molar refractivity (Wildman–Crippen MR) is 105 cm³/mol. The molecule has 1 aromatic heterocycles. The number of halogens is 1. The number of hydrogen-bond acceptors (Lipinski definition) is 5. The smallest absolute Gasteiger partial charge is 0.285 e. The Morgan fingerprint density at radius 1 is 1.20 bits per heavy atom. The largest absolute Gasteiger partial charge is 0.383 e. The molecule has 3 rings (SSSR count). The number of nitrogens with zero attached hydrogens (tertiary/aromatic N) is 2. The molecule has 0 aliphatic heterocycles. The van der Waals surface area contributed by atoms with E-state index in [9.17, 15) is 4.79 Å². The number of para-hydroxylation sites is 1. The summed E-state index contributed by atoms with van der Waals surface area (Å²) in [7, 11) is 0. The van der Waals surface area contributed by atoms with Gasteiger partial charge in [0.05, 0.1) is 6.21 Å². The molecule has 1 heterocycles. The number of nitrogens with two attached hydrogens (primary N) is 1. The van der Waals surface area contributed by atoms with E-state index >= 15 is 0 Å². The van der Waals surface area contributed by atoms with Crippen LogP contribution in [0, 0.1) is 3.95 Å². The number of hydrazone groups is 1. The van der Waals surface area contributed by atoms with Crippen molar-refractivity contribution in [2.75, 3.05) is 5.73 Å². The monoisotopic (exact) mass is 388 g/mol. The van der Waals surface area contributed by atoms with Gasteiger partial charge in [-0.05, 0) is 42.0 Å². The molecule has 0 aliphatic rings. The Balaban J connectivity index is 1.79. The predicted octanol–water partition coefficient (Wildman–Crippen LogP) is 4.27. The average Bonchev–Trinajstić information content (AvgIpc) is 2.92. The van der Waals surface area contributed by atoms with Gasteiger partial charge in [-0.25, -0.2) is 5.43 Å². The van der Waals surface area contributed by atoms with Crippen molar-refractivity contribution in [2.24, 2.45) is 5.10 Å². The number of hydrogen-bond donors (Lipinski definition) is 2. The maximum atomic E-state index is 12.3. The van der Waals surface area contributed by atoms with Crippen LogP contribution < -0.4 is 11.2 Å². The molecule has 8 heteroatoms. The van der Waals surface area contributed by atoms with Crippen LogP contribution in [-0.4, -0.2) is 16.7 Å². The van der Waals surface area contributed by atoms with E-state index in [0.717, 1.165) is 22.6 Å². The summed E-state index contributed by atoms with van der Waals surface area (Å²) < 4.78 is 2.16. The minimum Gasteiger partial charge on any atom is -0.383 e. The molecule has 0 atom stereocenters. The Hall–Kier alpha value is -2.48. The van der Waals surface area contributed by atoms with Gasteiger partial charge in [0, 0.05) is 10.7 Å². The molecule has 0 aliphatic carbocycles. The van der Waals surface area contributed by atoms with Crippen LogP contribution in [0.5, 0.6) is 0 Å². The number of benzene rings is 2. The zero-order valence-electron chi connectivity index (χ0n) is 12.8. The minimum atomic E-state index is -0.409. The average molecular weight is 389 g/mol. The summed E-state index contributed by atoms with van der Waals surface area (Å²) >= 11 is 12.3. The van der Waals surface area contributed by atoms with Gasteiger partial charge >= 0.3 is 0 Å². The summed E-state index contributed by atoms with van der Waals surface area (Å²) in [5, 5.41) is 4.58. The van der Waals surface area contributed by atoms with Gasteiger partial charge in [-0.2, -0.15) is 5.10 Å². The van der Waals surface area contributed by atoms with Gasteiger partial charge in [0.15, 0.2) is 3.95 Å². The molecule has 0 unspecified atom stereocenters. The first kappa shape index (κ1) is 17.3. The van der Waals surface area contributed by atoms with Gasteiger partial charge < -0.3 is 5.73 Å². The SMILES string of the molecule is Nc1c(C(=O)NN=Cc2ccc(Cl)cc2)sc(=S)n1-c1ccccc1. The lowest BCUT2D eigenvalue weighted by Gasteiger charge is -2.05. The van der Waals surface area contributed by atoms with Crippen molar-refractivity contribution in [3.05, 3.63) is 74.0 Å². The van der Waals surface area contributed by atoms with Crippen molar-refractivity contribution in [3.8, 4) is 5.69 Å². The Bertz CT molecular complexity index is 978. The van der Waals surface area contributed by atoms with E-state index in [1.807, 2.05) is 30.3 Å². The van der Waals surface area contributed by atoms with Gasteiger partial charge in [0.25, 0.3) is 5.91 Å². The van der Waals surface area contributed by atoms with Crippen LogP contribution in [0.1, 0.15) is 15.2 Å². The van der Waals surface area contributed by atoms with Crippen molar-refractivity contribution >= 4 is 53.1 Å². The first-order chi connectivity index (χ1) is 12.1. The highest BCUT2D eigenvalue weighted by Crippen LogP contribution is 2.25. The number of anilines is 1. The van der Waals surface area contributed by atoms with Gasteiger partial charge in [0.1, 0.15) is 10.7 Å². The maximum Gasteiger partial charge on any atom is 0.285 e. The molecule has 0 bridgehead atoms. The van der Waals surface area contributed by atoms with Gasteiger partial charge in [0.2, 0.25) is 0 Å². The summed E-state index contributed by atoms with van der Waals surface area (Å²) in [5.74, 6) is -0.117. The lowest BCUT2D eigenvalue weighted by atomic mass is 10.2. The second-order valence-corrected chi connectivity index (χ2v) is 7.08. The van der Waals surface area contributed by atoms with E-state index in [0.29, 0.717) is 19.7 Å². The van der Waals surface area contributed by atoms with Crippen molar-refractivity contribution in [3.63, 3.8) is 0 Å². The summed E-state index contributed by atoms with van der Waals surface area (Å²) in [6.07, 6.45) is 1.53. The summed E-state index contributed by atoms with van der Waals surface area (Å²) in [6, 6.07) is 16.5. The maximum absolute atomic E-state index is 12.3. The molecule has 0 radical (unpaired) electrons. The Labute approximate surface area is 158 Å². The molecule has 0 saturated heterocycles. The highest BCUT2D eigenvalue weighted by molar-refractivity contribution is 7.73. The van der Waals surface area contributed by atoms with Crippen LogP contribution in [0.15, 0.2) is 59.7 Å². The van der Waals surface area contributed by atoms with E-state index in [-0.39, 0.29) is 0 Å². The van der Waals surface area contributed by atoms with Crippen molar-refractivity contribution in [1.82, 2.24) is 9.99 Å². The van der Waals surface area contributed by atoms with Crippen molar-refractivity contribution in [1.29, 1.82) is 0 Å². The number of nitrogens with one attached hydrogen (secondary N) is 1. The molecule has 3 aromatic rings. The summed E-state index contributed by atoms with van der Waals surface area (Å²) in [4.78, 5) is 12.7. The van der Waals surface area contributed by atoms with E-state index < -0.39 is 5.91 Å². The topological polar surface area (TPSA) is 72.4 Å². The third-order valence-corrected chi connectivity index (χ3v) is 4.96. The molecule has 0 fully saturated rings. The lowest BCUT2D eigenvalue weighted by molar-refractivity contribution is 0.0959. The second-order valence-electron chi connectivity index (χ2n) is 5.00. The number of aromatic nitrogens is 1. The number of nitrogen functional groups attached to an aromatic ring is 1. The van der Waals surface area contributed by atoms with Crippen molar-refractivity contribution in [2.45, 2.75) is 0 Å². The molecule has 126 valence electrons. The minimum absolute atomic E-state index is 0.292. The molecule has 3 N–H and O–H groups in total. The molecule has 1 amide bonds. The molecular weight excluding hydrogens is 376 g/mol. The fourth-order valence-corrected chi connectivity index (χ4v) is 3.52. The summed E-state index contributed by atoms with van der Waals surface area (Å²) in [6.45, 7) is 0. The third kappa shape index (κ3) is 3.96.